The van der Waals surface area contributed by atoms with Gasteiger partial charge in [-0.05, 0) is 30.9 Å². The van der Waals surface area contributed by atoms with Crippen LogP contribution in [-0.2, 0) is 17.1 Å². The first kappa shape index (κ1) is 22.8. The van der Waals surface area contributed by atoms with Crippen LogP contribution in [-0.4, -0.2) is 5.78 Å². The molecule has 0 spiro atoms. The SMILES string of the molecule is CC1=CC=CC1=C([O-])CCCCCC(=O)c1ccccc1.[Fe+2].c1cc[cH-]c1. The van der Waals surface area contributed by atoms with Crippen LogP contribution < -0.4 is 5.11 Å². The molecule has 0 unspecified atom stereocenters. The second-order valence-corrected chi connectivity index (χ2v) is 6.36. The topological polar surface area (TPSA) is 40.1 Å². The smallest absolute Gasteiger partial charge is 0.875 e. The molecule has 0 aromatic heterocycles. The molecule has 3 heteroatoms. The number of benzene rings is 1. The molecule has 0 bridgehead atoms. The fraction of sp³-hybridized carbons (Fsp3) is 0.250. The van der Waals surface area contributed by atoms with Crippen molar-refractivity contribution in [2.75, 3.05) is 0 Å². The van der Waals surface area contributed by atoms with Crippen molar-refractivity contribution in [1.82, 2.24) is 0 Å². The molecule has 142 valence electrons. The van der Waals surface area contributed by atoms with E-state index >= 15 is 0 Å². The molecule has 2 aromatic carbocycles. The Bertz CT molecular complexity index is 736. The minimum Gasteiger partial charge on any atom is -0.875 e. The Morgan fingerprint density at radius 2 is 1.63 bits per heavy atom. The van der Waals surface area contributed by atoms with Gasteiger partial charge >= 0.3 is 17.1 Å². The second-order valence-electron chi connectivity index (χ2n) is 6.36. The van der Waals surface area contributed by atoms with Crippen molar-refractivity contribution < 1.29 is 27.0 Å². The molecule has 27 heavy (non-hydrogen) atoms. The van der Waals surface area contributed by atoms with E-state index in [4.69, 9.17) is 0 Å². The minimum atomic E-state index is 0. The van der Waals surface area contributed by atoms with Crippen LogP contribution in [0.5, 0.6) is 0 Å². The average Bonchev–Trinajstić information content (AvgIpc) is 3.36. The van der Waals surface area contributed by atoms with E-state index in [1.807, 2.05) is 85.8 Å². The van der Waals surface area contributed by atoms with E-state index in [0.29, 0.717) is 12.8 Å². The normalized spacial score (nSPS) is 13.9. The molecule has 0 aliphatic heterocycles. The zero-order chi connectivity index (χ0) is 18.6. The van der Waals surface area contributed by atoms with Crippen molar-refractivity contribution in [1.29, 1.82) is 0 Å². The first-order valence-electron chi connectivity index (χ1n) is 9.19. The van der Waals surface area contributed by atoms with Crippen LogP contribution in [0.25, 0.3) is 0 Å². The van der Waals surface area contributed by atoms with E-state index in [-0.39, 0.29) is 28.6 Å². The molecule has 0 fully saturated rings. The van der Waals surface area contributed by atoms with Crippen molar-refractivity contribution in [3.05, 3.63) is 101 Å². The molecule has 0 amide bonds. The second kappa shape index (κ2) is 13.0. The van der Waals surface area contributed by atoms with Crippen LogP contribution in [0, 0.1) is 0 Å². The summed E-state index contributed by atoms with van der Waals surface area (Å²) in [7, 11) is 0. The maximum Gasteiger partial charge on any atom is 2.00 e. The van der Waals surface area contributed by atoms with Crippen molar-refractivity contribution in [3.8, 4) is 0 Å². The van der Waals surface area contributed by atoms with Crippen LogP contribution in [0.3, 0.4) is 0 Å². The van der Waals surface area contributed by atoms with E-state index < -0.39 is 0 Å². The zero-order valence-corrected chi connectivity index (χ0v) is 16.8. The molecule has 0 saturated heterocycles. The first-order chi connectivity index (χ1) is 12.7. The Kier molecular flexibility index (Phi) is 11.0. The molecular weight excluding hydrogens is 376 g/mol. The van der Waals surface area contributed by atoms with Gasteiger partial charge in [0, 0.05) is 12.0 Å². The molecular formula is C24H26FeO2. The van der Waals surface area contributed by atoms with Gasteiger partial charge in [0.1, 0.15) is 0 Å². The number of rotatable bonds is 7. The molecule has 0 N–H and O–H groups in total. The molecule has 0 saturated carbocycles. The van der Waals surface area contributed by atoms with Crippen LogP contribution in [0.15, 0.2) is 95.8 Å². The predicted octanol–water partition coefficient (Wildman–Crippen LogP) is 5.35. The Balaban J connectivity index is 0.000000526. The largest absolute Gasteiger partial charge is 2.00 e. The standard InChI is InChI=1S/C19H22O2.C5H5.Fe/c1-15-9-8-12-17(15)19(21)14-7-3-6-13-18(20)16-10-4-2-5-11-16;1-2-4-5-3-1;/h2,4-5,8-12,21H,3,6-7,13-14H2,1H3;1-5H;/q;-1;+2/p-1. The summed E-state index contributed by atoms with van der Waals surface area (Å²) in [6, 6.07) is 19.4. The third kappa shape index (κ3) is 8.34. The van der Waals surface area contributed by atoms with Gasteiger partial charge in [-0.25, -0.2) is 12.1 Å². The van der Waals surface area contributed by atoms with Crippen LogP contribution >= 0.6 is 0 Å². The summed E-state index contributed by atoms with van der Waals surface area (Å²) in [6.07, 6.45) is 9.53. The average molecular weight is 402 g/mol. The molecule has 1 aliphatic rings. The van der Waals surface area contributed by atoms with Crippen LogP contribution in [0.2, 0.25) is 0 Å². The van der Waals surface area contributed by atoms with E-state index in [9.17, 15) is 9.90 Å². The van der Waals surface area contributed by atoms with E-state index in [1.165, 1.54) is 0 Å². The number of unbranched alkanes of at least 4 members (excludes halogenated alkanes) is 2. The Hall–Kier alpha value is -2.22. The van der Waals surface area contributed by atoms with Crippen molar-refractivity contribution in [2.24, 2.45) is 0 Å². The fourth-order valence-corrected chi connectivity index (χ4v) is 2.79. The molecule has 2 nitrogen and oxygen atoms in total. The third-order valence-electron chi connectivity index (χ3n) is 4.29. The molecule has 1 aliphatic carbocycles. The van der Waals surface area contributed by atoms with Crippen molar-refractivity contribution in [2.45, 2.75) is 39.0 Å². The maximum absolute atomic E-state index is 12.0. The van der Waals surface area contributed by atoms with Gasteiger partial charge in [-0.15, -0.1) is 5.76 Å². The van der Waals surface area contributed by atoms with Gasteiger partial charge in [-0.1, -0.05) is 61.4 Å². The Labute approximate surface area is 173 Å². The zero-order valence-electron chi connectivity index (χ0n) is 15.7. The van der Waals surface area contributed by atoms with Gasteiger partial charge in [0.2, 0.25) is 0 Å². The number of ketones is 1. The number of hydrogen-bond donors (Lipinski definition) is 0. The summed E-state index contributed by atoms with van der Waals surface area (Å²) in [6.45, 7) is 1.96. The molecule has 3 rings (SSSR count). The number of carbonyl (C=O) groups excluding carboxylic acids is 1. The predicted molar refractivity (Wildman–Crippen MR) is 106 cm³/mol. The van der Waals surface area contributed by atoms with Crippen LogP contribution in [0.4, 0.5) is 0 Å². The quantitative estimate of drug-likeness (QED) is 0.206. The van der Waals surface area contributed by atoms with Gasteiger partial charge in [0.15, 0.2) is 5.78 Å². The number of hydrogen-bond acceptors (Lipinski definition) is 2. The molecule has 2 aromatic rings. The number of carbonyl (C=O) groups is 1. The van der Waals surface area contributed by atoms with Gasteiger partial charge < -0.3 is 5.11 Å². The molecule has 0 heterocycles. The van der Waals surface area contributed by atoms with Crippen LogP contribution in [0.1, 0.15) is 49.4 Å². The van der Waals surface area contributed by atoms with Gasteiger partial charge in [-0.3, -0.25) is 4.79 Å². The molecule has 0 radical (unpaired) electrons. The van der Waals surface area contributed by atoms with E-state index in [0.717, 1.165) is 36.0 Å². The Morgan fingerprint density at radius 3 is 2.19 bits per heavy atom. The fourth-order valence-electron chi connectivity index (χ4n) is 2.79. The minimum absolute atomic E-state index is 0. The van der Waals surface area contributed by atoms with Gasteiger partial charge in [-0.2, -0.15) is 18.2 Å². The third-order valence-corrected chi connectivity index (χ3v) is 4.29. The summed E-state index contributed by atoms with van der Waals surface area (Å²) < 4.78 is 0. The monoisotopic (exact) mass is 402 g/mol. The maximum atomic E-state index is 12.0. The molecule has 0 atom stereocenters. The van der Waals surface area contributed by atoms with E-state index in [1.54, 1.807) is 0 Å². The van der Waals surface area contributed by atoms with Gasteiger partial charge in [0.05, 0.1) is 0 Å². The first-order valence-corrected chi connectivity index (χ1v) is 9.19. The summed E-state index contributed by atoms with van der Waals surface area (Å²) >= 11 is 0. The summed E-state index contributed by atoms with van der Waals surface area (Å²) in [4.78, 5) is 11.9. The summed E-state index contributed by atoms with van der Waals surface area (Å²) in [5.41, 5.74) is 2.68. The Morgan fingerprint density at radius 1 is 0.963 bits per heavy atom. The summed E-state index contributed by atoms with van der Waals surface area (Å²) in [5, 5.41) is 12.0. The number of Topliss-reactive ketones (excluding diaryl/α,β-unsaturated/α-hetero) is 1. The van der Waals surface area contributed by atoms with Gasteiger partial charge in [0.25, 0.3) is 0 Å². The van der Waals surface area contributed by atoms with Crippen molar-refractivity contribution >= 4 is 5.78 Å². The number of allylic oxidation sites excluding steroid dienone is 6. The van der Waals surface area contributed by atoms with E-state index in [2.05, 4.69) is 0 Å². The summed E-state index contributed by atoms with van der Waals surface area (Å²) in [5.74, 6) is 0.403. The van der Waals surface area contributed by atoms with Crippen molar-refractivity contribution in [3.63, 3.8) is 0 Å².